The Bertz CT molecular complexity index is 1450. The lowest BCUT2D eigenvalue weighted by Gasteiger charge is -2.41. The lowest BCUT2D eigenvalue weighted by Crippen LogP contribution is -2.46. The molecule has 228 valence electrons. The average molecular weight is 598 g/mol. The van der Waals surface area contributed by atoms with Crippen LogP contribution in [0.1, 0.15) is 77.2 Å². The number of carbonyl (C=O) groups is 2. The first kappa shape index (κ1) is 30.5. The van der Waals surface area contributed by atoms with Gasteiger partial charge >= 0.3 is 6.18 Å². The number of hydrogen-bond donors (Lipinski definition) is 3. The first-order valence-electron chi connectivity index (χ1n) is 14.6. The number of nitrogens with one attached hydrogen (secondary N) is 2. The van der Waals surface area contributed by atoms with Crippen LogP contribution in [0.15, 0.2) is 60.7 Å². The fourth-order valence-electron chi connectivity index (χ4n) is 6.33. The number of hydrogen-bond acceptors (Lipinski definition) is 4. The van der Waals surface area contributed by atoms with Crippen LogP contribution in [0.5, 0.6) is 0 Å². The van der Waals surface area contributed by atoms with E-state index in [1.165, 1.54) is 35.9 Å². The Balaban J connectivity index is 1.48. The van der Waals surface area contributed by atoms with Gasteiger partial charge in [0.1, 0.15) is 5.82 Å². The number of halogens is 4. The molecule has 0 spiro atoms. The maximum atomic E-state index is 14.9. The third kappa shape index (κ3) is 6.69. The first-order valence-corrected chi connectivity index (χ1v) is 14.6. The van der Waals surface area contributed by atoms with Crippen molar-refractivity contribution in [1.29, 1.82) is 0 Å². The zero-order valence-electron chi connectivity index (χ0n) is 23.9. The fourth-order valence-corrected chi connectivity index (χ4v) is 6.33. The van der Waals surface area contributed by atoms with Crippen LogP contribution in [0.3, 0.4) is 0 Å². The summed E-state index contributed by atoms with van der Waals surface area (Å²) >= 11 is 0. The smallest absolute Gasteiger partial charge is 0.392 e. The van der Waals surface area contributed by atoms with E-state index in [4.69, 9.17) is 0 Å². The van der Waals surface area contributed by atoms with E-state index in [1.807, 2.05) is 24.3 Å². The second kappa shape index (κ2) is 12.8. The molecule has 1 saturated heterocycles. The molecule has 1 aliphatic carbocycles. The summed E-state index contributed by atoms with van der Waals surface area (Å²) in [6, 6.07) is 14.7. The lowest BCUT2D eigenvalue weighted by molar-refractivity contribution is -0.138. The minimum absolute atomic E-state index is 0.0671. The zero-order chi connectivity index (χ0) is 30.7. The van der Waals surface area contributed by atoms with Crippen molar-refractivity contribution in [3.8, 4) is 0 Å². The van der Waals surface area contributed by atoms with Crippen LogP contribution in [0.4, 0.5) is 28.9 Å². The van der Waals surface area contributed by atoms with Crippen LogP contribution in [0.25, 0.3) is 0 Å². The number of anilines is 2. The molecule has 0 aromatic heterocycles. The third-order valence-corrected chi connectivity index (χ3v) is 8.50. The summed E-state index contributed by atoms with van der Waals surface area (Å²) in [5.41, 5.74) is 0.578. The van der Waals surface area contributed by atoms with Gasteiger partial charge < -0.3 is 20.6 Å². The number of alkyl halides is 3. The topological polar surface area (TPSA) is 81.7 Å². The second-order valence-electron chi connectivity index (χ2n) is 11.4. The summed E-state index contributed by atoms with van der Waals surface area (Å²) in [4.78, 5) is 29.1. The van der Waals surface area contributed by atoms with E-state index in [-0.39, 0.29) is 23.4 Å². The van der Waals surface area contributed by atoms with Crippen molar-refractivity contribution < 1.29 is 32.3 Å². The molecule has 2 aliphatic rings. The number of rotatable bonds is 7. The minimum Gasteiger partial charge on any atom is -0.392 e. The van der Waals surface area contributed by atoms with Crippen molar-refractivity contribution in [2.75, 3.05) is 17.2 Å². The summed E-state index contributed by atoms with van der Waals surface area (Å²) in [7, 11) is 0. The molecule has 5 rings (SSSR count). The number of likely N-dealkylation sites (tertiary alicyclic amines) is 1. The van der Waals surface area contributed by atoms with Crippen LogP contribution in [-0.2, 0) is 17.6 Å². The Morgan fingerprint density at radius 3 is 2.30 bits per heavy atom. The highest BCUT2D eigenvalue weighted by Gasteiger charge is 2.41. The van der Waals surface area contributed by atoms with E-state index in [0.717, 1.165) is 30.7 Å². The van der Waals surface area contributed by atoms with Crippen LogP contribution >= 0.6 is 0 Å². The molecule has 0 radical (unpaired) electrons. The first-order chi connectivity index (χ1) is 20.6. The molecule has 2 amide bonds. The van der Waals surface area contributed by atoms with Gasteiger partial charge in [-0.15, -0.1) is 0 Å². The standard InChI is InChI=1S/C33H35F4N3O3/c1-20-6-4-10-28(34)29(20)32(43)40-17-5-9-26(30(40)21-11-14-24(15-12-21)38-23-7-2-3-8-23)31(42)39-25-16-13-22(19-41)27(18-25)33(35,36)37/h4,6,10-16,18,23,26,30,38,41H,2-3,5,7-9,17,19H2,1H3,(H,39,42)/t26-,30-/m1/s1. The van der Waals surface area contributed by atoms with Gasteiger partial charge in [-0.2, -0.15) is 13.2 Å². The number of nitrogens with zero attached hydrogens (tertiary/aromatic N) is 1. The molecule has 10 heteroatoms. The number of aryl methyl sites for hydroxylation is 1. The van der Waals surface area contributed by atoms with E-state index >= 15 is 0 Å². The molecule has 0 bridgehead atoms. The van der Waals surface area contributed by atoms with Gasteiger partial charge in [0.15, 0.2) is 0 Å². The molecular formula is C33H35F4N3O3. The maximum absolute atomic E-state index is 14.9. The molecule has 6 nitrogen and oxygen atoms in total. The minimum atomic E-state index is -4.72. The SMILES string of the molecule is Cc1cccc(F)c1C(=O)N1CCC[C@@H](C(=O)Nc2ccc(CO)c(C(F)(F)F)c2)[C@H]1c1ccc(NC2CCCC2)cc1. The number of aliphatic hydroxyl groups excluding tert-OH is 1. The highest BCUT2D eigenvalue weighted by molar-refractivity contribution is 5.98. The molecule has 1 aliphatic heterocycles. The van der Waals surface area contributed by atoms with Crippen molar-refractivity contribution in [1.82, 2.24) is 4.90 Å². The van der Waals surface area contributed by atoms with E-state index in [0.29, 0.717) is 30.0 Å². The molecule has 3 N–H and O–H groups in total. The monoisotopic (exact) mass is 597 g/mol. The third-order valence-electron chi connectivity index (χ3n) is 8.50. The zero-order valence-corrected chi connectivity index (χ0v) is 23.9. The Hall–Kier alpha value is -3.92. The number of amides is 2. The Morgan fingerprint density at radius 2 is 1.65 bits per heavy atom. The van der Waals surface area contributed by atoms with Gasteiger partial charge in [0.25, 0.3) is 5.91 Å². The Kier molecular flexibility index (Phi) is 9.05. The van der Waals surface area contributed by atoms with Crippen LogP contribution < -0.4 is 10.6 Å². The molecule has 1 heterocycles. The largest absolute Gasteiger partial charge is 0.416 e. The van der Waals surface area contributed by atoms with Crippen molar-refractivity contribution in [3.05, 3.63) is 94.3 Å². The van der Waals surface area contributed by atoms with Crippen molar-refractivity contribution in [2.45, 2.75) is 70.3 Å². The van der Waals surface area contributed by atoms with Gasteiger partial charge in [-0.25, -0.2) is 4.39 Å². The number of aliphatic hydroxyl groups is 1. The van der Waals surface area contributed by atoms with Crippen LogP contribution in [0, 0.1) is 18.7 Å². The van der Waals surface area contributed by atoms with Crippen LogP contribution in [-0.4, -0.2) is 34.4 Å². The number of benzene rings is 3. The summed E-state index contributed by atoms with van der Waals surface area (Å²) in [6.45, 7) is 1.13. The summed E-state index contributed by atoms with van der Waals surface area (Å²) in [6.07, 6.45) is 0.633. The van der Waals surface area contributed by atoms with E-state index in [2.05, 4.69) is 10.6 Å². The van der Waals surface area contributed by atoms with Gasteiger partial charge in [0, 0.05) is 24.0 Å². The lowest BCUT2D eigenvalue weighted by atomic mass is 9.83. The molecular weight excluding hydrogens is 562 g/mol. The van der Waals surface area contributed by atoms with E-state index in [1.54, 1.807) is 13.0 Å². The van der Waals surface area contributed by atoms with Crippen molar-refractivity contribution in [3.63, 3.8) is 0 Å². The maximum Gasteiger partial charge on any atom is 0.416 e. The number of carbonyl (C=O) groups excluding carboxylic acids is 2. The molecule has 0 unspecified atom stereocenters. The normalized spacial score (nSPS) is 19.3. The van der Waals surface area contributed by atoms with E-state index in [9.17, 15) is 32.3 Å². The molecule has 1 saturated carbocycles. The molecule has 3 aromatic carbocycles. The molecule has 43 heavy (non-hydrogen) atoms. The van der Waals surface area contributed by atoms with Crippen LogP contribution in [0.2, 0.25) is 0 Å². The number of piperidine rings is 1. The summed E-state index contributed by atoms with van der Waals surface area (Å²) in [5, 5.41) is 15.5. The van der Waals surface area contributed by atoms with Gasteiger partial charge in [-0.05, 0) is 79.6 Å². The van der Waals surface area contributed by atoms with E-state index < -0.39 is 47.9 Å². The van der Waals surface area contributed by atoms with Gasteiger partial charge in [0.05, 0.1) is 29.7 Å². The average Bonchev–Trinajstić information content (AvgIpc) is 3.49. The predicted molar refractivity (Wildman–Crippen MR) is 156 cm³/mol. The molecule has 3 aromatic rings. The van der Waals surface area contributed by atoms with Crippen molar-refractivity contribution >= 4 is 23.2 Å². The fraction of sp³-hybridized carbons (Fsp3) is 0.394. The van der Waals surface area contributed by atoms with Crippen molar-refractivity contribution in [2.24, 2.45) is 5.92 Å². The highest BCUT2D eigenvalue weighted by atomic mass is 19.4. The quantitative estimate of drug-likeness (QED) is 0.251. The van der Waals surface area contributed by atoms with Gasteiger partial charge in [-0.1, -0.05) is 43.2 Å². The summed E-state index contributed by atoms with van der Waals surface area (Å²) < 4.78 is 55.8. The predicted octanol–water partition coefficient (Wildman–Crippen LogP) is 7.23. The highest BCUT2D eigenvalue weighted by Crippen LogP contribution is 2.40. The second-order valence-corrected chi connectivity index (χ2v) is 11.4. The van der Waals surface area contributed by atoms with Gasteiger partial charge in [0.2, 0.25) is 5.91 Å². The molecule has 2 fully saturated rings. The summed E-state index contributed by atoms with van der Waals surface area (Å²) in [5.74, 6) is -2.57. The Morgan fingerprint density at radius 1 is 0.953 bits per heavy atom. The Labute approximate surface area is 248 Å². The molecule has 2 atom stereocenters. The van der Waals surface area contributed by atoms with Gasteiger partial charge in [-0.3, -0.25) is 9.59 Å².